The van der Waals surface area contributed by atoms with Gasteiger partial charge in [0.15, 0.2) is 0 Å². The molecule has 1 unspecified atom stereocenters. The van der Waals surface area contributed by atoms with E-state index in [2.05, 4.69) is 22.3 Å². The molecule has 0 N–H and O–H groups in total. The molecule has 0 saturated carbocycles. The van der Waals surface area contributed by atoms with Crippen LogP contribution in [0.4, 0.5) is 4.79 Å². The second-order valence-corrected chi connectivity index (χ2v) is 8.15. The van der Waals surface area contributed by atoms with Crippen LogP contribution in [0.5, 0.6) is 5.75 Å². The van der Waals surface area contributed by atoms with Crippen LogP contribution >= 0.6 is 0 Å². The van der Waals surface area contributed by atoms with Gasteiger partial charge in [-0.2, -0.15) is 10.2 Å². The van der Waals surface area contributed by atoms with Gasteiger partial charge in [-0.1, -0.05) is 23.4 Å². The maximum atomic E-state index is 12.1. The summed E-state index contributed by atoms with van der Waals surface area (Å²) < 4.78 is 16.3. The normalized spacial score (nSPS) is 17.4. The van der Waals surface area contributed by atoms with Gasteiger partial charge in [0.1, 0.15) is 18.4 Å². The summed E-state index contributed by atoms with van der Waals surface area (Å²) in [6.45, 7) is 4.87. The number of fused-ring (bicyclic) bond motifs is 1. The largest absolute Gasteiger partial charge is 0.490 e. The van der Waals surface area contributed by atoms with Crippen molar-refractivity contribution in [2.45, 2.75) is 38.8 Å². The Labute approximate surface area is 185 Å². The van der Waals surface area contributed by atoms with Crippen molar-refractivity contribution in [1.82, 2.24) is 15.0 Å². The third kappa shape index (κ3) is 3.46. The molecule has 1 atom stereocenters. The Bertz CT molecular complexity index is 1230. The van der Waals surface area contributed by atoms with Crippen LogP contribution in [0.25, 0.3) is 22.8 Å². The smallest absolute Gasteiger partial charge is 0.410 e. The molecular formula is C24H22N4O4. The fourth-order valence-corrected chi connectivity index (χ4v) is 4.41. The number of rotatable bonds is 5. The number of benzene rings is 2. The molecule has 5 rings (SSSR count). The summed E-state index contributed by atoms with van der Waals surface area (Å²) in [4.78, 5) is 18.4. The third-order valence-corrected chi connectivity index (χ3v) is 5.78. The zero-order chi connectivity index (χ0) is 22.2. The summed E-state index contributed by atoms with van der Waals surface area (Å²) in [5, 5.41) is 13.7. The van der Waals surface area contributed by atoms with Crippen molar-refractivity contribution in [3.8, 4) is 34.7 Å². The molecule has 8 heteroatoms. The highest BCUT2D eigenvalue weighted by Gasteiger charge is 2.36. The van der Waals surface area contributed by atoms with Gasteiger partial charge in [-0.15, -0.1) is 0 Å². The second kappa shape index (κ2) is 8.00. The van der Waals surface area contributed by atoms with Crippen LogP contribution < -0.4 is 4.74 Å². The summed E-state index contributed by atoms with van der Waals surface area (Å²) in [5.74, 6) is 1.35. The number of hydrogen-bond donors (Lipinski definition) is 0. The average Bonchev–Trinajstić information content (AvgIpc) is 3.52. The van der Waals surface area contributed by atoms with Crippen molar-refractivity contribution >= 4 is 6.09 Å². The summed E-state index contributed by atoms with van der Waals surface area (Å²) in [7, 11) is 0. The molecule has 3 aromatic rings. The van der Waals surface area contributed by atoms with Gasteiger partial charge in [0, 0.05) is 11.1 Å². The molecule has 162 valence electrons. The predicted molar refractivity (Wildman–Crippen MR) is 115 cm³/mol. The lowest BCUT2D eigenvalue weighted by Gasteiger charge is -2.22. The first-order valence-corrected chi connectivity index (χ1v) is 10.7. The molecule has 0 radical (unpaired) electrons. The van der Waals surface area contributed by atoms with Crippen molar-refractivity contribution in [1.29, 1.82) is 5.26 Å². The van der Waals surface area contributed by atoms with Crippen molar-refractivity contribution in [3.63, 3.8) is 0 Å². The monoisotopic (exact) mass is 430 g/mol. The van der Waals surface area contributed by atoms with Gasteiger partial charge in [-0.05, 0) is 56.0 Å². The summed E-state index contributed by atoms with van der Waals surface area (Å²) in [6, 6.07) is 13.4. The summed E-state index contributed by atoms with van der Waals surface area (Å²) in [5.41, 5.74) is 4.20. The molecule has 2 aliphatic rings. The first-order valence-electron chi connectivity index (χ1n) is 10.7. The summed E-state index contributed by atoms with van der Waals surface area (Å²) >= 11 is 0. The number of nitriles is 1. The van der Waals surface area contributed by atoms with E-state index in [0.717, 1.165) is 29.5 Å². The lowest BCUT2D eigenvalue weighted by molar-refractivity contribution is 0.147. The van der Waals surface area contributed by atoms with Crippen LogP contribution in [-0.2, 0) is 11.2 Å². The van der Waals surface area contributed by atoms with E-state index >= 15 is 0 Å². The molecule has 1 aromatic heterocycles. The van der Waals surface area contributed by atoms with Crippen LogP contribution in [0.2, 0.25) is 0 Å². The van der Waals surface area contributed by atoms with E-state index in [0.29, 0.717) is 41.7 Å². The Hall–Kier alpha value is -3.86. The fraction of sp³-hybridized carbons (Fsp3) is 0.333. The first kappa shape index (κ1) is 20.1. The minimum absolute atomic E-state index is 0.0120. The maximum Gasteiger partial charge on any atom is 0.410 e. The standard InChI is InChI=1S/C24H22N4O4/c1-14(2)31-21-9-6-15(12-16(21)13-25)23-26-22(27-32-23)19-5-3-4-18-17(19)7-8-20(18)28-10-11-30-24(28)29/h3-6,9,12,14,20H,7-8,10-11H2,1-2H3. The minimum Gasteiger partial charge on any atom is -0.490 e. The first-order chi connectivity index (χ1) is 15.5. The Morgan fingerprint density at radius 1 is 1.28 bits per heavy atom. The number of carbonyl (C=O) groups excluding carboxylic acids is 1. The van der Waals surface area contributed by atoms with Gasteiger partial charge in [0.25, 0.3) is 5.89 Å². The van der Waals surface area contributed by atoms with Gasteiger partial charge in [-0.25, -0.2) is 4.79 Å². The lowest BCUT2D eigenvalue weighted by atomic mass is 10.0. The van der Waals surface area contributed by atoms with Gasteiger partial charge < -0.3 is 14.0 Å². The molecular weight excluding hydrogens is 408 g/mol. The van der Waals surface area contributed by atoms with E-state index in [1.54, 1.807) is 23.1 Å². The molecule has 2 heterocycles. The Kier molecular flexibility index (Phi) is 5.02. The molecule has 1 aliphatic carbocycles. The molecule has 0 bridgehead atoms. The number of aromatic nitrogens is 2. The van der Waals surface area contributed by atoms with Gasteiger partial charge in [-0.3, -0.25) is 4.90 Å². The van der Waals surface area contributed by atoms with E-state index in [9.17, 15) is 10.1 Å². The maximum absolute atomic E-state index is 12.1. The third-order valence-electron chi connectivity index (χ3n) is 5.78. The van der Waals surface area contributed by atoms with E-state index in [1.165, 1.54) is 0 Å². The zero-order valence-corrected chi connectivity index (χ0v) is 17.9. The molecule has 1 amide bonds. The lowest BCUT2D eigenvalue weighted by Crippen LogP contribution is -2.28. The van der Waals surface area contributed by atoms with E-state index in [-0.39, 0.29) is 18.2 Å². The quantitative estimate of drug-likeness (QED) is 0.587. The number of hydrogen-bond acceptors (Lipinski definition) is 7. The van der Waals surface area contributed by atoms with Crippen LogP contribution in [0.3, 0.4) is 0 Å². The number of carbonyl (C=O) groups is 1. The second-order valence-electron chi connectivity index (χ2n) is 8.15. The number of amides is 1. The van der Waals surface area contributed by atoms with E-state index < -0.39 is 0 Å². The molecule has 8 nitrogen and oxygen atoms in total. The SMILES string of the molecule is CC(C)Oc1ccc(-c2nc(-c3cccc4c3CCC4N3CCOC3=O)no2)cc1C#N. The van der Waals surface area contributed by atoms with Crippen molar-refractivity contribution in [2.24, 2.45) is 0 Å². The predicted octanol–water partition coefficient (Wildman–Crippen LogP) is 4.50. The highest BCUT2D eigenvalue weighted by molar-refractivity contribution is 5.72. The van der Waals surface area contributed by atoms with Gasteiger partial charge in [0.05, 0.1) is 24.3 Å². The van der Waals surface area contributed by atoms with Crippen LogP contribution in [0.15, 0.2) is 40.9 Å². The fourth-order valence-electron chi connectivity index (χ4n) is 4.41. The number of cyclic esters (lactones) is 1. The zero-order valence-electron chi connectivity index (χ0n) is 17.9. The highest BCUT2D eigenvalue weighted by Crippen LogP contribution is 2.41. The molecule has 1 fully saturated rings. The van der Waals surface area contributed by atoms with Crippen LogP contribution in [0, 0.1) is 11.3 Å². The Morgan fingerprint density at radius 3 is 2.91 bits per heavy atom. The molecule has 1 aliphatic heterocycles. The molecule has 32 heavy (non-hydrogen) atoms. The van der Waals surface area contributed by atoms with Crippen molar-refractivity contribution < 1.29 is 18.8 Å². The van der Waals surface area contributed by atoms with Crippen LogP contribution in [-0.4, -0.2) is 40.4 Å². The molecule has 0 spiro atoms. The topological polar surface area (TPSA) is 101 Å². The average molecular weight is 430 g/mol. The van der Waals surface area contributed by atoms with Gasteiger partial charge in [0.2, 0.25) is 5.82 Å². The Balaban J connectivity index is 1.46. The number of nitrogens with zero attached hydrogens (tertiary/aromatic N) is 4. The van der Waals surface area contributed by atoms with Crippen molar-refractivity contribution in [3.05, 3.63) is 53.1 Å². The summed E-state index contributed by atoms with van der Waals surface area (Å²) in [6.07, 6.45) is 1.38. The highest BCUT2D eigenvalue weighted by atomic mass is 16.6. The van der Waals surface area contributed by atoms with E-state index in [1.807, 2.05) is 26.0 Å². The molecule has 2 aromatic carbocycles. The molecule has 1 saturated heterocycles. The number of ether oxygens (including phenoxy) is 2. The Morgan fingerprint density at radius 2 is 2.16 bits per heavy atom. The van der Waals surface area contributed by atoms with Crippen molar-refractivity contribution in [2.75, 3.05) is 13.2 Å². The van der Waals surface area contributed by atoms with Crippen LogP contribution in [0.1, 0.15) is 43.0 Å². The van der Waals surface area contributed by atoms with E-state index in [4.69, 9.17) is 14.0 Å². The minimum atomic E-state index is -0.256. The van der Waals surface area contributed by atoms with Gasteiger partial charge >= 0.3 is 6.09 Å².